The zero-order valence-corrected chi connectivity index (χ0v) is 12.7. The number of carbonyl (C=O) groups is 1. The Morgan fingerprint density at radius 3 is 2.20 bits per heavy atom. The number of morpholine rings is 1. The van der Waals surface area contributed by atoms with E-state index in [9.17, 15) is 4.79 Å². The number of hydrogen-bond donors (Lipinski definition) is 1. The zero-order valence-electron chi connectivity index (χ0n) is 12.7. The van der Waals surface area contributed by atoms with Gasteiger partial charge in [-0.25, -0.2) is 0 Å². The number of ether oxygens (including phenoxy) is 1. The van der Waals surface area contributed by atoms with Crippen LogP contribution >= 0.6 is 0 Å². The Balaban J connectivity index is 2.20. The maximum absolute atomic E-state index is 12.8. The van der Waals surface area contributed by atoms with Crippen molar-refractivity contribution in [3.8, 4) is 0 Å². The number of carbonyl (C=O) groups excluding carboxylic acids is 1. The molecular formula is C16H24N2O2. The van der Waals surface area contributed by atoms with Crippen molar-refractivity contribution in [2.45, 2.75) is 45.3 Å². The van der Waals surface area contributed by atoms with Gasteiger partial charge in [0.2, 0.25) is 5.91 Å². The van der Waals surface area contributed by atoms with Gasteiger partial charge in [0.05, 0.1) is 17.6 Å². The highest BCUT2D eigenvalue weighted by Crippen LogP contribution is 2.28. The fourth-order valence-corrected chi connectivity index (χ4v) is 2.76. The highest BCUT2D eigenvalue weighted by Gasteiger charge is 2.36. The summed E-state index contributed by atoms with van der Waals surface area (Å²) in [4.78, 5) is 14.7. The van der Waals surface area contributed by atoms with E-state index in [4.69, 9.17) is 10.5 Å². The molecule has 0 saturated carbocycles. The normalized spacial score (nSPS) is 23.7. The number of nitrogen functional groups attached to an aromatic ring is 1. The van der Waals surface area contributed by atoms with E-state index in [-0.39, 0.29) is 18.1 Å². The fraction of sp³-hybridized carbons (Fsp3) is 0.562. The minimum Gasteiger partial charge on any atom is -0.399 e. The van der Waals surface area contributed by atoms with Gasteiger partial charge in [0.25, 0.3) is 0 Å². The topological polar surface area (TPSA) is 55.6 Å². The largest absolute Gasteiger partial charge is 0.399 e. The van der Waals surface area contributed by atoms with E-state index in [1.165, 1.54) is 0 Å². The molecule has 1 amide bonds. The first-order valence-corrected chi connectivity index (χ1v) is 7.11. The lowest BCUT2D eigenvalue weighted by molar-refractivity contribution is -0.148. The molecule has 1 fully saturated rings. The van der Waals surface area contributed by atoms with Crippen molar-refractivity contribution in [3.05, 3.63) is 29.8 Å². The summed E-state index contributed by atoms with van der Waals surface area (Å²) in [6.07, 6.45) is 0.176. The van der Waals surface area contributed by atoms with Crippen molar-refractivity contribution >= 4 is 11.6 Å². The van der Waals surface area contributed by atoms with Gasteiger partial charge in [-0.15, -0.1) is 0 Å². The van der Waals surface area contributed by atoms with Crippen LogP contribution in [0, 0.1) is 0 Å². The Hall–Kier alpha value is -1.55. The van der Waals surface area contributed by atoms with Gasteiger partial charge < -0.3 is 15.4 Å². The Morgan fingerprint density at radius 1 is 1.20 bits per heavy atom. The third kappa shape index (κ3) is 2.96. The molecule has 2 N–H and O–H groups in total. The third-order valence-electron chi connectivity index (χ3n) is 3.87. The number of nitrogens with zero attached hydrogens (tertiary/aromatic N) is 1. The molecule has 0 aromatic heterocycles. The molecule has 0 bridgehead atoms. The summed E-state index contributed by atoms with van der Waals surface area (Å²) in [6.45, 7) is 9.25. The fourth-order valence-electron chi connectivity index (χ4n) is 2.76. The van der Waals surface area contributed by atoms with E-state index < -0.39 is 5.41 Å². The average molecular weight is 276 g/mol. The summed E-state index contributed by atoms with van der Waals surface area (Å²) in [5.41, 5.74) is 6.87. The molecule has 0 spiro atoms. The standard InChI is InChI=1S/C16H24N2O2/c1-11-9-18(10-12(2)20-11)15(19)16(3,4)13-5-7-14(17)8-6-13/h5-8,11-12H,9-10,17H2,1-4H3. The van der Waals surface area contributed by atoms with Gasteiger partial charge in [-0.05, 0) is 45.4 Å². The number of amides is 1. The van der Waals surface area contributed by atoms with Gasteiger partial charge in [0, 0.05) is 18.8 Å². The summed E-state index contributed by atoms with van der Waals surface area (Å²) < 4.78 is 5.69. The predicted octanol–water partition coefficient (Wildman–Crippen LogP) is 2.18. The van der Waals surface area contributed by atoms with E-state index in [0.29, 0.717) is 18.8 Å². The first-order chi connectivity index (χ1) is 9.30. The van der Waals surface area contributed by atoms with E-state index in [0.717, 1.165) is 5.56 Å². The average Bonchev–Trinajstić information content (AvgIpc) is 2.37. The number of nitrogens with two attached hydrogens (primary N) is 1. The van der Waals surface area contributed by atoms with Crippen LogP contribution < -0.4 is 5.73 Å². The second kappa shape index (κ2) is 5.44. The van der Waals surface area contributed by atoms with Crippen LogP contribution in [0.2, 0.25) is 0 Å². The molecule has 0 aliphatic carbocycles. The van der Waals surface area contributed by atoms with Crippen molar-refractivity contribution < 1.29 is 9.53 Å². The van der Waals surface area contributed by atoms with E-state index >= 15 is 0 Å². The Labute approximate surface area is 120 Å². The molecule has 2 unspecified atom stereocenters. The molecule has 4 heteroatoms. The summed E-state index contributed by atoms with van der Waals surface area (Å²) in [5.74, 6) is 0.143. The van der Waals surface area contributed by atoms with Crippen LogP contribution in [0.4, 0.5) is 5.69 Å². The van der Waals surface area contributed by atoms with Gasteiger partial charge in [0.1, 0.15) is 0 Å². The quantitative estimate of drug-likeness (QED) is 0.842. The molecule has 1 saturated heterocycles. The first-order valence-electron chi connectivity index (χ1n) is 7.11. The zero-order chi connectivity index (χ0) is 14.9. The van der Waals surface area contributed by atoms with Gasteiger partial charge >= 0.3 is 0 Å². The molecule has 2 atom stereocenters. The van der Waals surface area contributed by atoms with Crippen LogP contribution in [0.5, 0.6) is 0 Å². The van der Waals surface area contributed by atoms with Gasteiger partial charge in [0.15, 0.2) is 0 Å². The highest BCUT2D eigenvalue weighted by atomic mass is 16.5. The summed E-state index contributed by atoms with van der Waals surface area (Å²) in [5, 5.41) is 0. The summed E-state index contributed by atoms with van der Waals surface area (Å²) in [7, 11) is 0. The lowest BCUT2D eigenvalue weighted by Crippen LogP contribution is -2.53. The third-order valence-corrected chi connectivity index (χ3v) is 3.87. The van der Waals surface area contributed by atoms with Crippen LogP contribution in [-0.4, -0.2) is 36.1 Å². The molecule has 2 rings (SSSR count). The van der Waals surface area contributed by atoms with Crippen molar-refractivity contribution in [2.75, 3.05) is 18.8 Å². The van der Waals surface area contributed by atoms with Crippen molar-refractivity contribution in [2.24, 2.45) is 0 Å². The van der Waals surface area contributed by atoms with E-state index in [1.807, 2.05) is 56.9 Å². The van der Waals surface area contributed by atoms with Crippen molar-refractivity contribution in [1.82, 2.24) is 4.90 Å². The van der Waals surface area contributed by atoms with Crippen LogP contribution in [0.1, 0.15) is 33.3 Å². The van der Waals surface area contributed by atoms with Crippen LogP contribution in [0.15, 0.2) is 24.3 Å². The molecule has 4 nitrogen and oxygen atoms in total. The van der Waals surface area contributed by atoms with E-state index in [1.54, 1.807) is 0 Å². The van der Waals surface area contributed by atoms with Gasteiger partial charge in [-0.2, -0.15) is 0 Å². The van der Waals surface area contributed by atoms with Crippen molar-refractivity contribution in [3.63, 3.8) is 0 Å². The smallest absolute Gasteiger partial charge is 0.232 e. The molecule has 1 aromatic carbocycles. The minimum atomic E-state index is -0.551. The van der Waals surface area contributed by atoms with Crippen LogP contribution in [0.25, 0.3) is 0 Å². The molecular weight excluding hydrogens is 252 g/mol. The van der Waals surface area contributed by atoms with E-state index in [2.05, 4.69) is 0 Å². The van der Waals surface area contributed by atoms with Crippen LogP contribution in [0.3, 0.4) is 0 Å². The highest BCUT2D eigenvalue weighted by molar-refractivity contribution is 5.87. The molecule has 1 aliphatic rings. The number of rotatable bonds is 2. The van der Waals surface area contributed by atoms with Crippen molar-refractivity contribution in [1.29, 1.82) is 0 Å². The van der Waals surface area contributed by atoms with Gasteiger partial charge in [-0.3, -0.25) is 4.79 Å². The lowest BCUT2D eigenvalue weighted by Gasteiger charge is -2.39. The lowest BCUT2D eigenvalue weighted by atomic mass is 9.83. The van der Waals surface area contributed by atoms with Crippen LogP contribution in [-0.2, 0) is 14.9 Å². The molecule has 110 valence electrons. The number of hydrogen-bond acceptors (Lipinski definition) is 3. The second-order valence-electron chi connectivity index (χ2n) is 6.21. The summed E-state index contributed by atoms with van der Waals surface area (Å²) >= 11 is 0. The monoisotopic (exact) mass is 276 g/mol. The number of anilines is 1. The molecule has 20 heavy (non-hydrogen) atoms. The van der Waals surface area contributed by atoms with Gasteiger partial charge in [-0.1, -0.05) is 12.1 Å². The SMILES string of the molecule is CC1CN(C(=O)C(C)(C)c2ccc(N)cc2)CC(C)O1. The molecule has 1 aliphatic heterocycles. The molecule has 1 aromatic rings. The Morgan fingerprint density at radius 2 is 1.70 bits per heavy atom. The second-order valence-corrected chi connectivity index (χ2v) is 6.21. The maximum atomic E-state index is 12.8. The molecule has 1 heterocycles. The maximum Gasteiger partial charge on any atom is 0.232 e. The first kappa shape index (κ1) is 14.9. The summed E-state index contributed by atoms with van der Waals surface area (Å²) in [6, 6.07) is 7.55. The predicted molar refractivity (Wildman–Crippen MR) is 80.5 cm³/mol. The number of benzene rings is 1. The molecule has 0 radical (unpaired) electrons. The Bertz CT molecular complexity index is 472. The Kier molecular flexibility index (Phi) is 4.04. The minimum absolute atomic E-state index is 0.0879.